The first-order chi connectivity index (χ1) is 8.17. The summed E-state index contributed by atoms with van der Waals surface area (Å²) in [5.74, 6) is -3.66. The number of nitrogens with one attached hydrogen (secondary N) is 1. The van der Waals surface area contributed by atoms with E-state index in [2.05, 4.69) is 5.32 Å². The molecule has 0 aliphatic heterocycles. The molecule has 0 bridgehead atoms. The zero-order chi connectivity index (χ0) is 14.4. The van der Waals surface area contributed by atoms with Gasteiger partial charge in [-0.15, -0.1) is 0 Å². The quantitative estimate of drug-likeness (QED) is 0.702. The highest BCUT2D eigenvalue weighted by Crippen LogP contribution is 2.13. The van der Waals surface area contributed by atoms with Crippen molar-refractivity contribution >= 4 is 12.1 Å². The normalized spacial score (nSPS) is 12.1. The Labute approximate surface area is 106 Å². The monoisotopic (exact) mass is 263 g/mol. The van der Waals surface area contributed by atoms with Gasteiger partial charge in [-0.05, 0) is 34.6 Å². The summed E-state index contributed by atoms with van der Waals surface area (Å²) in [6.07, 6.45) is -0.924. The van der Waals surface area contributed by atoms with Crippen molar-refractivity contribution in [2.45, 2.75) is 46.1 Å². The van der Waals surface area contributed by atoms with Gasteiger partial charge in [0.15, 0.2) is 0 Å². The molecule has 106 valence electrons. The third-order valence-electron chi connectivity index (χ3n) is 1.64. The van der Waals surface area contributed by atoms with Gasteiger partial charge in [0, 0.05) is 13.2 Å². The number of hydrogen-bond acceptors (Lipinski definition) is 5. The van der Waals surface area contributed by atoms with E-state index in [0.717, 1.165) is 0 Å². The number of carbonyl (C=O) groups is 2. The van der Waals surface area contributed by atoms with Gasteiger partial charge >= 0.3 is 18.0 Å². The second-order valence-electron chi connectivity index (χ2n) is 4.41. The average Bonchev–Trinajstić information content (AvgIpc) is 2.14. The van der Waals surface area contributed by atoms with Crippen LogP contribution in [-0.2, 0) is 19.0 Å². The molecule has 0 spiro atoms. The number of rotatable bonds is 6. The number of carboxylic acids is 1. The van der Waals surface area contributed by atoms with Gasteiger partial charge in [-0.25, -0.2) is 9.59 Å². The van der Waals surface area contributed by atoms with E-state index in [4.69, 9.17) is 19.3 Å². The van der Waals surface area contributed by atoms with E-state index in [9.17, 15) is 9.59 Å². The number of carbonyl (C=O) groups excluding carboxylic acids is 1. The number of carboxylic acid groups (broad SMARTS) is 1. The lowest BCUT2D eigenvalue weighted by molar-refractivity contribution is -0.252. The first kappa shape index (κ1) is 16.7. The minimum Gasteiger partial charge on any atom is -0.476 e. The fraction of sp³-hybridized carbons (Fsp3) is 0.818. The third kappa shape index (κ3) is 5.33. The lowest BCUT2D eigenvalue weighted by atomic mass is 10.2. The van der Waals surface area contributed by atoms with Crippen LogP contribution in [0.4, 0.5) is 4.79 Å². The summed E-state index contributed by atoms with van der Waals surface area (Å²) in [5, 5.41) is 11.2. The van der Waals surface area contributed by atoms with E-state index in [1.807, 2.05) is 0 Å². The van der Waals surface area contributed by atoms with Crippen LogP contribution >= 0.6 is 0 Å². The molecule has 0 radical (unpaired) electrons. The third-order valence-corrected chi connectivity index (χ3v) is 1.64. The molecule has 0 aliphatic rings. The van der Waals surface area contributed by atoms with Crippen molar-refractivity contribution in [2.24, 2.45) is 0 Å². The Hall–Kier alpha value is -1.34. The summed E-state index contributed by atoms with van der Waals surface area (Å²) >= 11 is 0. The van der Waals surface area contributed by atoms with Crippen LogP contribution in [0.1, 0.15) is 34.6 Å². The molecule has 0 saturated carbocycles. The minimum absolute atomic E-state index is 0.0576. The van der Waals surface area contributed by atoms with Crippen LogP contribution in [-0.4, -0.2) is 41.9 Å². The van der Waals surface area contributed by atoms with Gasteiger partial charge in [0.1, 0.15) is 5.60 Å². The van der Waals surface area contributed by atoms with Crippen molar-refractivity contribution in [3.05, 3.63) is 0 Å². The lowest BCUT2D eigenvalue weighted by Gasteiger charge is -2.30. The predicted octanol–water partition coefficient (Wildman–Crippen LogP) is 1.32. The zero-order valence-corrected chi connectivity index (χ0v) is 11.4. The topological polar surface area (TPSA) is 94.1 Å². The summed E-state index contributed by atoms with van der Waals surface area (Å²) in [7, 11) is 0. The Morgan fingerprint density at radius 1 is 1.11 bits per heavy atom. The Balaban J connectivity index is 4.87. The average molecular weight is 263 g/mol. The second-order valence-corrected chi connectivity index (χ2v) is 4.41. The predicted molar refractivity (Wildman–Crippen MR) is 63.0 cm³/mol. The molecule has 0 saturated heterocycles. The number of amides is 1. The van der Waals surface area contributed by atoms with Gasteiger partial charge in [0.05, 0.1) is 0 Å². The zero-order valence-electron chi connectivity index (χ0n) is 11.4. The van der Waals surface area contributed by atoms with Crippen molar-refractivity contribution in [1.29, 1.82) is 0 Å². The highest BCUT2D eigenvalue weighted by molar-refractivity contribution is 5.81. The molecule has 0 aliphatic carbocycles. The largest absolute Gasteiger partial charge is 0.476 e. The second kappa shape index (κ2) is 6.55. The van der Waals surface area contributed by atoms with Gasteiger partial charge in [0.25, 0.3) is 0 Å². The standard InChI is InChI=1S/C11H21NO6/c1-6-16-11(8(13)14,17-7-2)12-9(15)18-10(3,4)5/h6-7H2,1-5H3,(H,12,15)(H,13,14). The maximum absolute atomic E-state index is 11.6. The van der Waals surface area contributed by atoms with Crippen molar-refractivity contribution in [3.63, 3.8) is 0 Å². The van der Waals surface area contributed by atoms with Crippen LogP contribution in [0.15, 0.2) is 0 Å². The van der Waals surface area contributed by atoms with Gasteiger partial charge in [-0.1, -0.05) is 0 Å². The van der Waals surface area contributed by atoms with E-state index in [1.54, 1.807) is 34.6 Å². The van der Waals surface area contributed by atoms with E-state index in [0.29, 0.717) is 0 Å². The lowest BCUT2D eigenvalue weighted by Crippen LogP contribution is -2.59. The molecule has 0 aromatic rings. The smallest absolute Gasteiger partial charge is 0.412 e. The molecule has 2 N–H and O–H groups in total. The van der Waals surface area contributed by atoms with Crippen LogP contribution < -0.4 is 5.32 Å². The molecule has 0 aromatic heterocycles. The van der Waals surface area contributed by atoms with Gasteiger partial charge in [-0.3, -0.25) is 5.32 Å². The molecule has 18 heavy (non-hydrogen) atoms. The maximum Gasteiger partial charge on any atom is 0.412 e. The Kier molecular flexibility index (Phi) is 6.07. The van der Waals surface area contributed by atoms with E-state index in [1.165, 1.54) is 0 Å². The van der Waals surface area contributed by atoms with Crippen molar-refractivity contribution in [2.75, 3.05) is 13.2 Å². The fourth-order valence-electron chi connectivity index (χ4n) is 1.14. The summed E-state index contributed by atoms with van der Waals surface area (Å²) in [5.41, 5.74) is -0.743. The van der Waals surface area contributed by atoms with Crippen molar-refractivity contribution in [3.8, 4) is 0 Å². The molecule has 0 fully saturated rings. The number of ether oxygens (including phenoxy) is 3. The molecule has 0 unspecified atom stereocenters. The molecule has 7 heteroatoms. The van der Waals surface area contributed by atoms with Crippen molar-refractivity contribution < 1.29 is 28.9 Å². The van der Waals surface area contributed by atoms with Gasteiger partial charge < -0.3 is 19.3 Å². The highest BCUT2D eigenvalue weighted by atomic mass is 16.7. The minimum atomic E-state index is -2.22. The molecule has 0 aromatic carbocycles. The van der Waals surface area contributed by atoms with Crippen LogP contribution in [0.2, 0.25) is 0 Å². The molecule has 0 atom stereocenters. The van der Waals surface area contributed by atoms with E-state index in [-0.39, 0.29) is 13.2 Å². The Morgan fingerprint density at radius 2 is 1.56 bits per heavy atom. The molecular formula is C11H21NO6. The molecule has 7 nitrogen and oxygen atoms in total. The first-order valence-corrected chi connectivity index (χ1v) is 5.69. The van der Waals surface area contributed by atoms with Crippen molar-refractivity contribution in [1.82, 2.24) is 5.32 Å². The Morgan fingerprint density at radius 3 is 1.83 bits per heavy atom. The summed E-state index contributed by atoms with van der Waals surface area (Å²) in [4.78, 5) is 22.8. The molecule has 0 heterocycles. The summed E-state index contributed by atoms with van der Waals surface area (Å²) in [6, 6.07) is 0. The van der Waals surface area contributed by atoms with Crippen LogP contribution in [0.25, 0.3) is 0 Å². The molecular weight excluding hydrogens is 242 g/mol. The summed E-state index contributed by atoms with van der Waals surface area (Å²) < 4.78 is 14.9. The SMILES string of the molecule is CCOC(NC(=O)OC(C)(C)C)(OCC)C(=O)O. The van der Waals surface area contributed by atoms with Gasteiger partial charge in [-0.2, -0.15) is 0 Å². The Bertz CT molecular complexity index is 290. The number of hydrogen-bond donors (Lipinski definition) is 2. The first-order valence-electron chi connectivity index (χ1n) is 5.69. The van der Waals surface area contributed by atoms with Crippen LogP contribution in [0, 0.1) is 0 Å². The van der Waals surface area contributed by atoms with Crippen LogP contribution in [0.5, 0.6) is 0 Å². The molecule has 0 rings (SSSR count). The number of alkyl carbamates (subject to hydrolysis) is 1. The summed E-state index contributed by atoms with van der Waals surface area (Å²) in [6.45, 7) is 8.29. The maximum atomic E-state index is 11.6. The van der Waals surface area contributed by atoms with Gasteiger partial charge in [0.2, 0.25) is 0 Å². The van der Waals surface area contributed by atoms with E-state index >= 15 is 0 Å². The fourth-order valence-corrected chi connectivity index (χ4v) is 1.14. The number of aliphatic carboxylic acids is 1. The molecule has 1 amide bonds. The highest BCUT2D eigenvalue weighted by Gasteiger charge is 2.44. The van der Waals surface area contributed by atoms with E-state index < -0.39 is 23.6 Å². The van der Waals surface area contributed by atoms with Crippen LogP contribution in [0.3, 0.4) is 0 Å².